The fourth-order valence-corrected chi connectivity index (χ4v) is 4.93. The monoisotopic (exact) mass is 547 g/mol. The van der Waals surface area contributed by atoms with Gasteiger partial charge in [0.15, 0.2) is 5.17 Å². The Morgan fingerprint density at radius 2 is 1.69 bits per heavy atom. The van der Waals surface area contributed by atoms with E-state index in [4.69, 9.17) is 0 Å². The predicted octanol–water partition coefficient (Wildman–Crippen LogP) is 4.39. The quantitative estimate of drug-likeness (QED) is 0.437. The van der Waals surface area contributed by atoms with Crippen LogP contribution >= 0.6 is 11.8 Å². The number of hydrogen-bond acceptors (Lipinski definition) is 6. The summed E-state index contributed by atoms with van der Waals surface area (Å²) in [4.78, 5) is 48.9. The van der Waals surface area contributed by atoms with Crippen molar-refractivity contribution in [1.29, 1.82) is 0 Å². The highest BCUT2D eigenvalue weighted by Crippen LogP contribution is 2.34. The summed E-state index contributed by atoms with van der Waals surface area (Å²) in [6.07, 6.45) is 0.247. The largest absolute Gasteiger partial charge is 0.352 e. The number of para-hydroxylation sites is 2. The zero-order chi connectivity index (χ0) is 27.4. The highest BCUT2D eigenvalue weighted by atomic mass is 32.2. The molecule has 0 fully saturated rings. The summed E-state index contributed by atoms with van der Waals surface area (Å²) < 4.78 is 27.0. The first-order valence-electron chi connectivity index (χ1n) is 12.2. The third kappa shape index (κ3) is 6.04. The van der Waals surface area contributed by atoms with Gasteiger partial charge < -0.3 is 10.6 Å². The Balaban J connectivity index is 1.24. The zero-order valence-electron chi connectivity index (χ0n) is 20.6. The lowest BCUT2D eigenvalue weighted by atomic mass is 10.1. The van der Waals surface area contributed by atoms with E-state index in [9.17, 15) is 23.2 Å². The van der Waals surface area contributed by atoms with E-state index in [1.807, 2.05) is 18.2 Å². The normalized spacial score (nSPS) is 15.7. The summed E-state index contributed by atoms with van der Waals surface area (Å²) in [5, 5.41) is 5.57. The molecule has 8 nitrogen and oxygen atoms in total. The molecule has 0 spiro atoms. The average molecular weight is 548 g/mol. The smallest absolute Gasteiger partial charge is 0.259 e. The van der Waals surface area contributed by atoms with Crippen molar-refractivity contribution in [1.82, 2.24) is 10.2 Å². The number of fused-ring (bicyclic) bond motifs is 3. The number of amidine groups is 2. The Bertz CT molecular complexity index is 1490. The predicted molar refractivity (Wildman–Crippen MR) is 146 cm³/mol. The van der Waals surface area contributed by atoms with Gasteiger partial charge in [-0.05, 0) is 48.4 Å². The molecule has 0 unspecified atom stereocenters. The molecular formula is C28H23F2N5O3S. The molecule has 0 radical (unpaired) electrons. The molecule has 11 heteroatoms. The Kier molecular flexibility index (Phi) is 7.78. The molecule has 3 aromatic rings. The molecule has 0 bridgehead atoms. The van der Waals surface area contributed by atoms with E-state index in [1.165, 1.54) is 35.2 Å². The van der Waals surface area contributed by atoms with Gasteiger partial charge in [-0.1, -0.05) is 48.2 Å². The van der Waals surface area contributed by atoms with E-state index in [0.29, 0.717) is 17.1 Å². The Labute approximate surface area is 227 Å². The van der Waals surface area contributed by atoms with Crippen molar-refractivity contribution < 1.29 is 23.2 Å². The second-order valence-corrected chi connectivity index (χ2v) is 9.75. The maximum Gasteiger partial charge on any atom is 0.259 e. The summed E-state index contributed by atoms with van der Waals surface area (Å²) >= 11 is 1.04. The maximum absolute atomic E-state index is 13.9. The maximum atomic E-state index is 13.9. The molecule has 0 aliphatic carbocycles. The van der Waals surface area contributed by atoms with Crippen molar-refractivity contribution in [2.24, 2.45) is 9.98 Å². The molecular weight excluding hydrogens is 524 g/mol. The number of halogens is 2. The molecule has 198 valence electrons. The van der Waals surface area contributed by atoms with Gasteiger partial charge in [0.1, 0.15) is 23.5 Å². The van der Waals surface area contributed by atoms with Gasteiger partial charge in [-0.2, -0.15) is 0 Å². The van der Waals surface area contributed by atoms with Crippen LogP contribution in [0.25, 0.3) is 0 Å². The number of anilines is 1. The number of carbonyl (C=O) groups is 3. The van der Waals surface area contributed by atoms with Crippen molar-refractivity contribution in [3.63, 3.8) is 0 Å². The average Bonchev–Trinajstić information content (AvgIpc) is 3.28. The van der Waals surface area contributed by atoms with Gasteiger partial charge in [-0.25, -0.2) is 18.7 Å². The molecule has 3 aromatic carbocycles. The third-order valence-electron chi connectivity index (χ3n) is 6.08. The first kappa shape index (κ1) is 26.2. The molecule has 0 saturated heterocycles. The Hall–Kier alpha value is -4.38. The van der Waals surface area contributed by atoms with Crippen LogP contribution < -0.4 is 10.6 Å². The van der Waals surface area contributed by atoms with Crippen LogP contribution in [0.3, 0.4) is 0 Å². The van der Waals surface area contributed by atoms with E-state index in [0.717, 1.165) is 17.3 Å². The molecule has 39 heavy (non-hydrogen) atoms. The van der Waals surface area contributed by atoms with E-state index >= 15 is 0 Å². The summed E-state index contributed by atoms with van der Waals surface area (Å²) in [5.74, 6) is -1.65. The van der Waals surface area contributed by atoms with Crippen LogP contribution in [0.1, 0.15) is 24.0 Å². The fraction of sp³-hybridized carbons (Fsp3) is 0.179. The van der Waals surface area contributed by atoms with Gasteiger partial charge >= 0.3 is 0 Å². The molecule has 0 aromatic heterocycles. The lowest BCUT2D eigenvalue weighted by molar-refractivity contribution is -0.125. The summed E-state index contributed by atoms with van der Waals surface area (Å²) in [5.41, 5.74) is 2.10. The SMILES string of the molecule is O=C(CC[C@@H]1N=C2c3ccccc3N=C(SCC(=O)Nc3ccccc3F)N2C1=O)NCc1ccc(F)cc1. The Morgan fingerprint density at radius 1 is 0.949 bits per heavy atom. The lowest BCUT2D eigenvalue weighted by Crippen LogP contribution is -2.41. The number of thioether (sulfide) groups is 1. The number of aliphatic imine (C=N–C) groups is 2. The molecule has 2 N–H and O–H groups in total. The van der Waals surface area contributed by atoms with Crippen LogP contribution in [-0.2, 0) is 20.9 Å². The second-order valence-electron chi connectivity index (χ2n) is 8.81. The molecule has 2 aliphatic heterocycles. The van der Waals surface area contributed by atoms with Crippen molar-refractivity contribution in [2.45, 2.75) is 25.4 Å². The van der Waals surface area contributed by atoms with Crippen LogP contribution in [0.4, 0.5) is 20.2 Å². The number of benzene rings is 3. The third-order valence-corrected chi connectivity index (χ3v) is 7.01. The van der Waals surface area contributed by atoms with Crippen molar-refractivity contribution >= 4 is 51.9 Å². The minimum Gasteiger partial charge on any atom is -0.352 e. The highest BCUT2D eigenvalue weighted by molar-refractivity contribution is 8.14. The topological polar surface area (TPSA) is 103 Å². The minimum atomic E-state index is -0.791. The van der Waals surface area contributed by atoms with Crippen molar-refractivity contribution in [2.75, 3.05) is 11.1 Å². The van der Waals surface area contributed by atoms with Gasteiger partial charge in [-0.3, -0.25) is 19.4 Å². The number of rotatable bonds is 8. The number of hydrogen-bond donors (Lipinski definition) is 2. The molecule has 0 saturated carbocycles. The van der Waals surface area contributed by atoms with Crippen LogP contribution in [0.2, 0.25) is 0 Å². The van der Waals surface area contributed by atoms with Crippen LogP contribution in [0.5, 0.6) is 0 Å². The van der Waals surface area contributed by atoms with Gasteiger partial charge in [0.05, 0.1) is 17.1 Å². The minimum absolute atomic E-state index is 0.0640. The van der Waals surface area contributed by atoms with E-state index < -0.39 is 17.8 Å². The number of carbonyl (C=O) groups excluding carboxylic acids is 3. The van der Waals surface area contributed by atoms with Crippen LogP contribution in [0, 0.1) is 11.6 Å². The van der Waals surface area contributed by atoms with E-state index in [-0.39, 0.29) is 53.6 Å². The zero-order valence-corrected chi connectivity index (χ0v) is 21.4. The number of nitrogens with one attached hydrogen (secondary N) is 2. The molecule has 2 aliphatic rings. The highest BCUT2D eigenvalue weighted by Gasteiger charge is 2.41. The van der Waals surface area contributed by atoms with Gasteiger partial charge in [0.2, 0.25) is 11.8 Å². The van der Waals surface area contributed by atoms with E-state index in [1.54, 1.807) is 24.3 Å². The van der Waals surface area contributed by atoms with Gasteiger partial charge in [-0.15, -0.1) is 0 Å². The molecule has 2 heterocycles. The van der Waals surface area contributed by atoms with E-state index in [2.05, 4.69) is 20.6 Å². The number of amides is 3. The second kappa shape index (κ2) is 11.6. The van der Waals surface area contributed by atoms with Crippen molar-refractivity contribution in [3.05, 3.63) is 95.6 Å². The summed E-state index contributed by atoms with van der Waals surface area (Å²) in [6, 6.07) is 18.1. The van der Waals surface area contributed by atoms with Crippen LogP contribution in [0.15, 0.2) is 82.8 Å². The molecule has 5 rings (SSSR count). The number of nitrogens with zero attached hydrogens (tertiary/aromatic N) is 3. The standard InChI is InChI=1S/C28H23F2N5O3S/c29-18-11-9-17(10-12-18)15-31-24(36)14-13-23-27(38)35-26(33-23)19-5-1-3-7-21(19)34-28(35)39-16-25(37)32-22-8-4-2-6-20(22)30/h1-12,23H,13-16H2,(H,31,36)(H,32,37)/t23-/m0/s1. The Morgan fingerprint density at radius 3 is 2.49 bits per heavy atom. The first-order chi connectivity index (χ1) is 18.9. The lowest BCUT2D eigenvalue weighted by Gasteiger charge is -2.25. The summed E-state index contributed by atoms with van der Waals surface area (Å²) in [6.45, 7) is 0.244. The van der Waals surface area contributed by atoms with Gasteiger partial charge in [0.25, 0.3) is 5.91 Å². The van der Waals surface area contributed by atoms with Crippen LogP contribution in [-0.4, -0.2) is 45.4 Å². The summed E-state index contributed by atoms with van der Waals surface area (Å²) in [7, 11) is 0. The fourth-order valence-electron chi connectivity index (χ4n) is 4.13. The molecule has 1 atom stereocenters. The van der Waals surface area contributed by atoms with Crippen molar-refractivity contribution in [3.8, 4) is 0 Å². The van der Waals surface area contributed by atoms with Gasteiger partial charge in [0, 0.05) is 18.5 Å². The molecule has 3 amide bonds. The first-order valence-corrected chi connectivity index (χ1v) is 13.2.